The lowest BCUT2D eigenvalue weighted by Crippen LogP contribution is -2.12. The zero-order valence-corrected chi connectivity index (χ0v) is 9.45. The molecule has 86 valence electrons. The van der Waals surface area contributed by atoms with Gasteiger partial charge in [-0.2, -0.15) is 0 Å². The summed E-state index contributed by atoms with van der Waals surface area (Å²) >= 11 is 0. The first kappa shape index (κ1) is 13.7. The van der Waals surface area contributed by atoms with Gasteiger partial charge in [0.25, 0.3) is 0 Å². The highest BCUT2D eigenvalue weighted by molar-refractivity contribution is 5.85. The lowest BCUT2D eigenvalue weighted by Gasteiger charge is -2.05. The molecule has 0 aliphatic carbocycles. The van der Waals surface area contributed by atoms with Gasteiger partial charge in [-0.25, -0.2) is 4.79 Å². The molecule has 4 heteroatoms. The number of hydrogen-bond acceptors (Lipinski definition) is 3. The summed E-state index contributed by atoms with van der Waals surface area (Å²) in [5.41, 5.74) is 0.324. The van der Waals surface area contributed by atoms with Gasteiger partial charge in [0.1, 0.15) is 0 Å². The summed E-state index contributed by atoms with van der Waals surface area (Å²) in [5.74, 6) is -1.23. The van der Waals surface area contributed by atoms with E-state index in [0.29, 0.717) is 25.0 Å². The second-order valence-corrected chi connectivity index (χ2v) is 3.66. The number of carbonyl (C=O) groups is 2. The molecule has 0 rings (SSSR count). The minimum atomic E-state index is -0.908. The lowest BCUT2D eigenvalue weighted by atomic mass is 10.2. The Bertz CT molecular complexity index is 253. The van der Waals surface area contributed by atoms with Gasteiger partial charge in [-0.05, 0) is 19.8 Å². The van der Waals surface area contributed by atoms with Crippen LogP contribution in [0, 0.1) is 5.92 Å². The van der Waals surface area contributed by atoms with Gasteiger partial charge in [0.05, 0.1) is 12.5 Å². The van der Waals surface area contributed by atoms with E-state index in [-0.39, 0.29) is 11.9 Å². The number of ether oxygens (including phenoxy) is 1. The van der Waals surface area contributed by atoms with Crippen LogP contribution < -0.4 is 0 Å². The van der Waals surface area contributed by atoms with Crippen molar-refractivity contribution in [2.24, 2.45) is 5.92 Å². The van der Waals surface area contributed by atoms with Gasteiger partial charge in [0.15, 0.2) is 0 Å². The maximum absolute atomic E-state index is 11.0. The van der Waals surface area contributed by atoms with Gasteiger partial charge < -0.3 is 9.84 Å². The van der Waals surface area contributed by atoms with Crippen molar-refractivity contribution in [1.82, 2.24) is 0 Å². The molecule has 0 saturated heterocycles. The van der Waals surface area contributed by atoms with Gasteiger partial charge in [0, 0.05) is 5.57 Å². The minimum Gasteiger partial charge on any atom is -0.478 e. The number of carboxylic acids is 1. The number of hydrogen-bond donors (Lipinski definition) is 1. The third-order valence-corrected chi connectivity index (χ3v) is 1.85. The van der Waals surface area contributed by atoms with E-state index < -0.39 is 5.97 Å². The van der Waals surface area contributed by atoms with E-state index >= 15 is 0 Å². The Morgan fingerprint density at radius 2 is 2.00 bits per heavy atom. The molecule has 0 aliphatic rings. The van der Waals surface area contributed by atoms with E-state index in [1.165, 1.54) is 0 Å². The zero-order valence-electron chi connectivity index (χ0n) is 9.45. The Hall–Kier alpha value is -1.32. The average Bonchev–Trinajstić information content (AvgIpc) is 2.16. The molecule has 0 bridgehead atoms. The van der Waals surface area contributed by atoms with E-state index in [2.05, 4.69) is 0 Å². The molecule has 0 aromatic heterocycles. The number of allylic oxidation sites excluding steroid dienone is 1. The molecule has 4 nitrogen and oxygen atoms in total. The fraction of sp³-hybridized carbons (Fsp3) is 0.636. The van der Waals surface area contributed by atoms with Gasteiger partial charge in [-0.15, -0.1) is 0 Å². The van der Waals surface area contributed by atoms with Crippen LogP contribution in [0.4, 0.5) is 0 Å². The summed E-state index contributed by atoms with van der Waals surface area (Å²) in [5, 5.41) is 8.55. The summed E-state index contributed by atoms with van der Waals surface area (Å²) in [6, 6.07) is 0. The molecule has 0 heterocycles. The Morgan fingerprint density at radius 1 is 1.40 bits per heavy atom. The van der Waals surface area contributed by atoms with E-state index in [1.807, 2.05) is 0 Å². The summed E-state index contributed by atoms with van der Waals surface area (Å²) in [6.07, 6.45) is 2.90. The van der Waals surface area contributed by atoms with Crippen molar-refractivity contribution in [3.05, 3.63) is 11.6 Å². The number of esters is 1. The fourth-order valence-corrected chi connectivity index (χ4v) is 0.829. The molecular weight excluding hydrogens is 196 g/mol. The van der Waals surface area contributed by atoms with Crippen LogP contribution in [-0.4, -0.2) is 23.7 Å². The van der Waals surface area contributed by atoms with Crippen molar-refractivity contribution in [2.45, 2.75) is 33.6 Å². The van der Waals surface area contributed by atoms with Gasteiger partial charge >= 0.3 is 11.9 Å². The summed E-state index contributed by atoms with van der Waals surface area (Å²) in [6.45, 7) is 5.44. The van der Waals surface area contributed by atoms with E-state index in [0.717, 1.165) is 0 Å². The van der Waals surface area contributed by atoms with Crippen molar-refractivity contribution in [2.75, 3.05) is 6.61 Å². The van der Waals surface area contributed by atoms with Crippen LogP contribution in [0.1, 0.15) is 33.6 Å². The van der Waals surface area contributed by atoms with Crippen LogP contribution in [0.3, 0.4) is 0 Å². The predicted molar refractivity (Wildman–Crippen MR) is 56.4 cm³/mol. The molecule has 0 radical (unpaired) electrons. The van der Waals surface area contributed by atoms with E-state index in [9.17, 15) is 9.59 Å². The molecule has 0 saturated carbocycles. The number of aliphatic carboxylic acids is 1. The Morgan fingerprint density at radius 3 is 2.47 bits per heavy atom. The molecule has 15 heavy (non-hydrogen) atoms. The SMILES string of the molecule is CC(=CCCCOC(=O)C(C)C)C(=O)O. The van der Waals surface area contributed by atoms with Crippen molar-refractivity contribution in [1.29, 1.82) is 0 Å². The van der Waals surface area contributed by atoms with Crippen molar-refractivity contribution < 1.29 is 19.4 Å². The second kappa shape index (κ2) is 7.04. The van der Waals surface area contributed by atoms with Crippen molar-refractivity contribution in [3.63, 3.8) is 0 Å². The maximum atomic E-state index is 11.0. The van der Waals surface area contributed by atoms with Gasteiger partial charge in [0.2, 0.25) is 0 Å². The molecular formula is C11H18O4. The largest absolute Gasteiger partial charge is 0.478 e. The third-order valence-electron chi connectivity index (χ3n) is 1.85. The van der Waals surface area contributed by atoms with E-state index in [4.69, 9.17) is 9.84 Å². The maximum Gasteiger partial charge on any atom is 0.330 e. The van der Waals surface area contributed by atoms with Crippen LogP contribution in [0.15, 0.2) is 11.6 Å². The normalized spacial score (nSPS) is 11.6. The first-order valence-electron chi connectivity index (χ1n) is 5.01. The first-order valence-corrected chi connectivity index (χ1v) is 5.01. The minimum absolute atomic E-state index is 0.110. The monoisotopic (exact) mass is 214 g/mol. The molecule has 0 fully saturated rings. The number of rotatable bonds is 6. The van der Waals surface area contributed by atoms with Crippen LogP contribution in [-0.2, 0) is 14.3 Å². The molecule has 0 atom stereocenters. The molecule has 0 aromatic rings. The molecule has 0 spiro atoms. The molecule has 0 aliphatic heterocycles. The zero-order chi connectivity index (χ0) is 11.8. The van der Waals surface area contributed by atoms with Crippen LogP contribution >= 0.6 is 0 Å². The molecule has 0 aromatic carbocycles. The third kappa shape index (κ3) is 6.71. The lowest BCUT2D eigenvalue weighted by molar-refractivity contribution is -0.147. The molecule has 0 amide bonds. The predicted octanol–water partition coefficient (Wildman–Crippen LogP) is 2.00. The van der Waals surface area contributed by atoms with E-state index in [1.54, 1.807) is 26.8 Å². The van der Waals surface area contributed by atoms with Crippen LogP contribution in [0.2, 0.25) is 0 Å². The number of carboxylic acid groups (broad SMARTS) is 1. The quantitative estimate of drug-likeness (QED) is 0.417. The summed E-state index contributed by atoms with van der Waals surface area (Å²) < 4.78 is 4.93. The number of unbranched alkanes of at least 4 members (excludes halogenated alkanes) is 1. The Kier molecular flexibility index (Phi) is 6.42. The van der Waals surface area contributed by atoms with Crippen LogP contribution in [0.25, 0.3) is 0 Å². The molecule has 1 N–H and O–H groups in total. The number of carbonyl (C=O) groups excluding carboxylic acids is 1. The Labute approximate surface area is 89.9 Å². The van der Waals surface area contributed by atoms with Crippen molar-refractivity contribution >= 4 is 11.9 Å². The summed E-state index contributed by atoms with van der Waals surface area (Å²) in [4.78, 5) is 21.4. The fourth-order valence-electron chi connectivity index (χ4n) is 0.829. The smallest absolute Gasteiger partial charge is 0.330 e. The van der Waals surface area contributed by atoms with Gasteiger partial charge in [-0.1, -0.05) is 19.9 Å². The topological polar surface area (TPSA) is 63.6 Å². The second-order valence-electron chi connectivity index (χ2n) is 3.66. The van der Waals surface area contributed by atoms with Gasteiger partial charge in [-0.3, -0.25) is 4.79 Å². The highest BCUT2D eigenvalue weighted by Gasteiger charge is 2.06. The highest BCUT2D eigenvalue weighted by atomic mass is 16.5. The summed E-state index contributed by atoms with van der Waals surface area (Å²) in [7, 11) is 0. The van der Waals surface area contributed by atoms with Crippen molar-refractivity contribution in [3.8, 4) is 0 Å². The first-order chi connectivity index (χ1) is 6.95. The average molecular weight is 214 g/mol. The molecule has 0 unspecified atom stereocenters. The standard InChI is InChI=1S/C11H18O4/c1-8(2)11(14)15-7-5-4-6-9(3)10(12)13/h6,8H,4-5,7H2,1-3H3,(H,12,13). The van der Waals surface area contributed by atoms with Crippen LogP contribution in [0.5, 0.6) is 0 Å². The highest BCUT2D eigenvalue weighted by Crippen LogP contribution is 2.01. The Balaban J connectivity index is 3.60.